The summed E-state index contributed by atoms with van der Waals surface area (Å²) in [4.78, 5) is 34.4. The van der Waals surface area contributed by atoms with Crippen molar-refractivity contribution in [2.45, 2.75) is 19.8 Å². The monoisotopic (exact) mass is 341 g/mol. The highest BCUT2D eigenvalue weighted by Gasteiger charge is 2.15. The molecule has 0 fully saturated rings. The molecule has 0 heterocycles. The quantitative estimate of drug-likeness (QED) is 0.597. The Morgan fingerprint density at radius 1 is 1.08 bits per heavy atom. The van der Waals surface area contributed by atoms with Gasteiger partial charge in [0.15, 0.2) is 0 Å². The highest BCUT2D eigenvalue weighted by atomic mass is 16.6. The summed E-state index contributed by atoms with van der Waals surface area (Å²) in [6, 6.07) is 12.6. The molecule has 25 heavy (non-hydrogen) atoms. The second-order valence-corrected chi connectivity index (χ2v) is 5.44. The van der Waals surface area contributed by atoms with E-state index in [2.05, 4.69) is 10.6 Å². The minimum atomic E-state index is -0.508. The summed E-state index contributed by atoms with van der Waals surface area (Å²) in [5, 5.41) is 16.4. The molecule has 0 spiro atoms. The van der Waals surface area contributed by atoms with Crippen LogP contribution in [0.15, 0.2) is 48.5 Å². The van der Waals surface area contributed by atoms with Crippen LogP contribution in [0.2, 0.25) is 0 Å². The van der Waals surface area contributed by atoms with E-state index < -0.39 is 4.92 Å². The van der Waals surface area contributed by atoms with Crippen LogP contribution in [0.4, 0.5) is 11.4 Å². The van der Waals surface area contributed by atoms with Crippen molar-refractivity contribution in [3.8, 4) is 0 Å². The molecule has 0 aliphatic rings. The van der Waals surface area contributed by atoms with Gasteiger partial charge in [-0.1, -0.05) is 25.1 Å². The van der Waals surface area contributed by atoms with Crippen molar-refractivity contribution in [2.24, 2.45) is 0 Å². The number of carbonyl (C=O) groups is 2. The lowest BCUT2D eigenvalue weighted by molar-refractivity contribution is -0.385. The van der Waals surface area contributed by atoms with Crippen molar-refractivity contribution in [2.75, 3.05) is 11.9 Å². The molecule has 7 nitrogen and oxygen atoms in total. The van der Waals surface area contributed by atoms with Gasteiger partial charge in [0, 0.05) is 29.4 Å². The number of para-hydroxylation sites is 1. The average Bonchev–Trinajstić information content (AvgIpc) is 2.60. The van der Waals surface area contributed by atoms with Crippen molar-refractivity contribution in [3.63, 3.8) is 0 Å². The van der Waals surface area contributed by atoms with Crippen LogP contribution in [-0.2, 0) is 11.2 Å². The molecule has 7 heteroatoms. The topological polar surface area (TPSA) is 101 Å². The number of nitrogens with zero attached hydrogens (tertiary/aromatic N) is 1. The standard InChI is InChI=1S/C18H19N3O4/c1-2-11-19-18(23)13-7-9-15(10-8-13)20-17(22)12-14-5-3-4-6-16(14)21(24)25/h3-10H,2,11-12H2,1H3,(H,19,23)(H,20,22). The molecule has 130 valence electrons. The van der Waals surface area contributed by atoms with Gasteiger partial charge in [0.2, 0.25) is 5.91 Å². The van der Waals surface area contributed by atoms with E-state index in [-0.39, 0.29) is 23.9 Å². The third-order valence-corrected chi connectivity index (χ3v) is 3.51. The van der Waals surface area contributed by atoms with Crippen LogP contribution < -0.4 is 10.6 Å². The van der Waals surface area contributed by atoms with Crippen LogP contribution in [0.25, 0.3) is 0 Å². The Hall–Kier alpha value is -3.22. The van der Waals surface area contributed by atoms with Gasteiger partial charge in [0.25, 0.3) is 11.6 Å². The number of nitro benzene ring substituents is 1. The molecule has 0 radical (unpaired) electrons. The number of hydrogen-bond donors (Lipinski definition) is 2. The lowest BCUT2D eigenvalue weighted by Gasteiger charge is -2.07. The maximum absolute atomic E-state index is 12.1. The molecule has 2 N–H and O–H groups in total. The van der Waals surface area contributed by atoms with E-state index in [1.165, 1.54) is 6.07 Å². The molecule has 2 amide bonds. The fraction of sp³-hybridized carbons (Fsp3) is 0.222. The minimum absolute atomic E-state index is 0.0828. The summed E-state index contributed by atoms with van der Waals surface area (Å²) >= 11 is 0. The lowest BCUT2D eigenvalue weighted by atomic mass is 10.1. The van der Waals surface area contributed by atoms with Crippen molar-refractivity contribution in [3.05, 3.63) is 69.8 Å². The Balaban J connectivity index is 1.99. The van der Waals surface area contributed by atoms with E-state index in [0.29, 0.717) is 23.4 Å². The Bertz CT molecular complexity index is 772. The van der Waals surface area contributed by atoms with E-state index in [9.17, 15) is 19.7 Å². The second kappa shape index (κ2) is 8.58. The first-order valence-electron chi connectivity index (χ1n) is 7.91. The fourth-order valence-electron chi connectivity index (χ4n) is 2.26. The smallest absolute Gasteiger partial charge is 0.273 e. The summed E-state index contributed by atoms with van der Waals surface area (Å²) in [5.74, 6) is -0.530. The van der Waals surface area contributed by atoms with Gasteiger partial charge < -0.3 is 10.6 Å². The number of nitrogens with one attached hydrogen (secondary N) is 2. The molecular formula is C18H19N3O4. The molecule has 0 saturated carbocycles. The Labute approximate surface area is 145 Å². The van der Waals surface area contributed by atoms with Crippen molar-refractivity contribution >= 4 is 23.2 Å². The van der Waals surface area contributed by atoms with Gasteiger partial charge in [-0.15, -0.1) is 0 Å². The fourth-order valence-corrected chi connectivity index (χ4v) is 2.26. The van der Waals surface area contributed by atoms with Crippen molar-refractivity contribution in [1.82, 2.24) is 5.32 Å². The zero-order valence-corrected chi connectivity index (χ0v) is 13.8. The van der Waals surface area contributed by atoms with Gasteiger partial charge >= 0.3 is 0 Å². The number of rotatable bonds is 7. The highest BCUT2D eigenvalue weighted by Crippen LogP contribution is 2.19. The zero-order valence-electron chi connectivity index (χ0n) is 13.8. The highest BCUT2D eigenvalue weighted by molar-refractivity contribution is 5.96. The summed E-state index contributed by atoms with van der Waals surface area (Å²) in [6.45, 7) is 2.57. The molecule has 2 aromatic carbocycles. The maximum atomic E-state index is 12.1. The Morgan fingerprint density at radius 3 is 2.40 bits per heavy atom. The molecule has 0 unspecified atom stereocenters. The molecule has 0 aromatic heterocycles. The van der Waals surface area contributed by atoms with E-state index in [0.717, 1.165) is 6.42 Å². The Kier molecular flexibility index (Phi) is 6.22. The number of nitro groups is 1. The van der Waals surface area contributed by atoms with Crippen molar-refractivity contribution < 1.29 is 14.5 Å². The van der Waals surface area contributed by atoms with Crippen LogP contribution >= 0.6 is 0 Å². The van der Waals surface area contributed by atoms with Crippen molar-refractivity contribution in [1.29, 1.82) is 0 Å². The van der Waals surface area contributed by atoms with E-state index >= 15 is 0 Å². The van der Waals surface area contributed by atoms with Crippen LogP contribution in [0.5, 0.6) is 0 Å². The molecule has 0 aliphatic carbocycles. The number of hydrogen-bond acceptors (Lipinski definition) is 4. The predicted molar refractivity (Wildman–Crippen MR) is 94.5 cm³/mol. The van der Waals surface area contributed by atoms with E-state index in [4.69, 9.17) is 0 Å². The Morgan fingerprint density at radius 2 is 1.76 bits per heavy atom. The van der Waals surface area contributed by atoms with Gasteiger partial charge in [-0.3, -0.25) is 19.7 Å². The molecule has 2 rings (SSSR count). The van der Waals surface area contributed by atoms with E-state index in [1.807, 2.05) is 6.92 Å². The third-order valence-electron chi connectivity index (χ3n) is 3.51. The molecule has 0 saturated heterocycles. The van der Waals surface area contributed by atoms with Gasteiger partial charge in [-0.2, -0.15) is 0 Å². The van der Waals surface area contributed by atoms with Gasteiger partial charge in [0.05, 0.1) is 11.3 Å². The number of amides is 2. The summed E-state index contributed by atoms with van der Waals surface area (Å²) in [7, 11) is 0. The number of carbonyl (C=O) groups excluding carboxylic acids is 2. The predicted octanol–water partition coefficient (Wildman–Crippen LogP) is 2.92. The maximum Gasteiger partial charge on any atom is 0.273 e. The van der Waals surface area contributed by atoms with Crippen LogP contribution in [0, 0.1) is 10.1 Å². The van der Waals surface area contributed by atoms with E-state index in [1.54, 1.807) is 42.5 Å². The van der Waals surface area contributed by atoms with Gasteiger partial charge in [-0.25, -0.2) is 0 Å². The van der Waals surface area contributed by atoms with Crippen LogP contribution in [0.1, 0.15) is 29.3 Å². The first-order chi connectivity index (χ1) is 12.0. The average molecular weight is 341 g/mol. The SMILES string of the molecule is CCCNC(=O)c1ccc(NC(=O)Cc2ccccc2[N+](=O)[O-])cc1. The first-order valence-corrected chi connectivity index (χ1v) is 7.91. The normalized spacial score (nSPS) is 10.1. The molecular weight excluding hydrogens is 322 g/mol. The zero-order chi connectivity index (χ0) is 18.2. The lowest BCUT2D eigenvalue weighted by Crippen LogP contribution is -2.23. The molecule has 2 aromatic rings. The largest absolute Gasteiger partial charge is 0.352 e. The molecule has 0 bridgehead atoms. The summed E-state index contributed by atoms with van der Waals surface area (Å²) in [5.41, 5.74) is 1.29. The molecule has 0 atom stereocenters. The van der Waals surface area contributed by atoms with Crippen LogP contribution in [-0.4, -0.2) is 23.3 Å². The first kappa shape index (κ1) is 18.1. The van der Waals surface area contributed by atoms with Gasteiger partial charge in [-0.05, 0) is 30.7 Å². The minimum Gasteiger partial charge on any atom is -0.352 e. The van der Waals surface area contributed by atoms with Gasteiger partial charge in [0.1, 0.15) is 0 Å². The third kappa shape index (κ3) is 5.13. The second-order valence-electron chi connectivity index (χ2n) is 5.44. The summed E-state index contributed by atoms with van der Waals surface area (Å²) in [6.07, 6.45) is 0.751. The number of anilines is 1. The number of benzene rings is 2. The summed E-state index contributed by atoms with van der Waals surface area (Å²) < 4.78 is 0. The molecule has 0 aliphatic heterocycles. The van der Waals surface area contributed by atoms with Crippen LogP contribution in [0.3, 0.4) is 0 Å².